The van der Waals surface area contributed by atoms with Gasteiger partial charge in [-0.2, -0.15) is 0 Å². The smallest absolute Gasteiger partial charge is 0.227 e. The number of hydrogen-bond donors (Lipinski definition) is 1. The number of anilines is 1. The Labute approximate surface area is 154 Å². The predicted molar refractivity (Wildman–Crippen MR) is 101 cm³/mol. The van der Waals surface area contributed by atoms with E-state index in [9.17, 15) is 4.79 Å². The first-order valence-electron chi connectivity index (χ1n) is 8.14. The number of carbonyl (C=O) groups is 1. The lowest BCUT2D eigenvalue weighted by atomic mass is 9.90. The Balaban J connectivity index is 1.49. The van der Waals surface area contributed by atoms with E-state index in [-0.39, 0.29) is 11.8 Å². The molecule has 0 spiro atoms. The summed E-state index contributed by atoms with van der Waals surface area (Å²) in [6.45, 7) is 0. The summed E-state index contributed by atoms with van der Waals surface area (Å²) in [6.07, 6.45) is 5.97. The van der Waals surface area contributed by atoms with Crippen LogP contribution in [0.2, 0.25) is 5.02 Å². The largest absolute Gasteiger partial charge is 0.326 e. The van der Waals surface area contributed by atoms with Crippen LogP contribution in [0.15, 0.2) is 48.8 Å². The van der Waals surface area contributed by atoms with Crippen molar-refractivity contribution in [2.24, 2.45) is 5.92 Å². The van der Waals surface area contributed by atoms with Crippen LogP contribution in [0.25, 0.3) is 10.6 Å². The molecule has 4 rings (SSSR count). The Morgan fingerprint density at radius 1 is 1.28 bits per heavy atom. The summed E-state index contributed by atoms with van der Waals surface area (Å²) in [7, 11) is 0. The van der Waals surface area contributed by atoms with E-state index in [0.717, 1.165) is 41.2 Å². The Kier molecular flexibility index (Phi) is 4.51. The standard InChI is InChI=1S/C19H16ClN3OS/c20-14-4-1-5-15(10-14)22-18(24)12-6-7-16-17(9-12)25-19(23-16)13-3-2-8-21-11-13/h1-5,8,10-12H,6-7,9H2,(H,22,24). The lowest BCUT2D eigenvalue weighted by Crippen LogP contribution is -2.27. The molecule has 0 aliphatic heterocycles. The lowest BCUT2D eigenvalue weighted by molar-refractivity contribution is -0.120. The molecule has 6 heteroatoms. The zero-order chi connectivity index (χ0) is 17.2. The fourth-order valence-electron chi connectivity index (χ4n) is 3.02. The summed E-state index contributed by atoms with van der Waals surface area (Å²) < 4.78 is 0. The van der Waals surface area contributed by atoms with Crippen LogP contribution in [0, 0.1) is 5.92 Å². The average molecular weight is 370 g/mol. The molecule has 1 atom stereocenters. The van der Waals surface area contributed by atoms with Gasteiger partial charge in [-0.3, -0.25) is 9.78 Å². The fourth-order valence-corrected chi connectivity index (χ4v) is 4.39. The summed E-state index contributed by atoms with van der Waals surface area (Å²) in [4.78, 5) is 22.7. The first-order chi connectivity index (χ1) is 12.2. The minimum absolute atomic E-state index is 0.0336. The molecule has 0 fully saturated rings. The van der Waals surface area contributed by atoms with Crippen molar-refractivity contribution in [2.75, 3.05) is 5.32 Å². The zero-order valence-corrected chi connectivity index (χ0v) is 15.0. The minimum atomic E-state index is -0.0336. The number of nitrogens with zero attached hydrogens (tertiary/aromatic N) is 2. The molecule has 2 aromatic heterocycles. The third-order valence-corrected chi connectivity index (χ3v) is 5.72. The number of halogens is 1. The van der Waals surface area contributed by atoms with Gasteiger partial charge in [-0.1, -0.05) is 17.7 Å². The molecule has 1 amide bonds. The maximum absolute atomic E-state index is 12.6. The molecule has 3 aromatic rings. The zero-order valence-electron chi connectivity index (χ0n) is 13.4. The van der Waals surface area contributed by atoms with Gasteiger partial charge in [0, 0.05) is 39.5 Å². The van der Waals surface area contributed by atoms with Crippen molar-refractivity contribution in [1.29, 1.82) is 0 Å². The number of benzene rings is 1. The highest BCUT2D eigenvalue weighted by molar-refractivity contribution is 7.15. The molecule has 0 saturated heterocycles. The van der Waals surface area contributed by atoms with Crippen molar-refractivity contribution in [3.8, 4) is 10.6 Å². The summed E-state index contributed by atoms with van der Waals surface area (Å²) >= 11 is 7.65. The lowest BCUT2D eigenvalue weighted by Gasteiger charge is -2.20. The second-order valence-electron chi connectivity index (χ2n) is 6.07. The van der Waals surface area contributed by atoms with Gasteiger partial charge in [0.15, 0.2) is 0 Å². The first kappa shape index (κ1) is 16.2. The van der Waals surface area contributed by atoms with Crippen molar-refractivity contribution < 1.29 is 4.79 Å². The number of rotatable bonds is 3. The predicted octanol–water partition coefficient (Wildman–Crippen LogP) is 4.60. The average Bonchev–Trinajstić information content (AvgIpc) is 3.06. The summed E-state index contributed by atoms with van der Waals surface area (Å²) in [5.74, 6) is 0.0120. The Hall–Kier alpha value is -2.24. The molecular weight excluding hydrogens is 354 g/mol. The van der Waals surface area contributed by atoms with E-state index in [1.54, 1.807) is 29.7 Å². The highest BCUT2D eigenvalue weighted by atomic mass is 35.5. The quantitative estimate of drug-likeness (QED) is 0.733. The van der Waals surface area contributed by atoms with Gasteiger partial charge < -0.3 is 5.32 Å². The molecule has 1 unspecified atom stereocenters. The van der Waals surface area contributed by atoms with Crippen molar-refractivity contribution >= 4 is 34.5 Å². The maximum atomic E-state index is 12.6. The van der Waals surface area contributed by atoms with Crippen molar-refractivity contribution in [3.63, 3.8) is 0 Å². The van der Waals surface area contributed by atoms with Crippen LogP contribution in [-0.2, 0) is 17.6 Å². The van der Waals surface area contributed by atoms with Gasteiger partial charge in [-0.05, 0) is 49.6 Å². The summed E-state index contributed by atoms with van der Waals surface area (Å²) in [5, 5.41) is 4.57. The van der Waals surface area contributed by atoms with Gasteiger partial charge in [0.05, 0.1) is 5.69 Å². The van der Waals surface area contributed by atoms with Crippen molar-refractivity contribution in [2.45, 2.75) is 19.3 Å². The number of carbonyl (C=O) groups excluding carboxylic acids is 1. The minimum Gasteiger partial charge on any atom is -0.326 e. The second-order valence-corrected chi connectivity index (χ2v) is 7.59. The van der Waals surface area contributed by atoms with E-state index < -0.39 is 0 Å². The number of pyridine rings is 1. The van der Waals surface area contributed by atoms with Gasteiger partial charge in [0.25, 0.3) is 0 Å². The number of aryl methyl sites for hydroxylation is 1. The van der Waals surface area contributed by atoms with Gasteiger partial charge in [0.1, 0.15) is 5.01 Å². The maximum Gasteiger partial charge on any atom is 0.227 e. The molecule has 4 nitrogen and oxygen atoms in total. The summed E-state index contributed by atoms with van der Waals surface area (Å²) in [5.41, 5.74) is 2.89. The highest BCUT2D eigenvalue weighted by Gasteiger charge is 2.27. The van der Waals surface area contributed by atoms with Crippen LogP contribution in [0.5, 0.6) is 0 Å². The van der Waals surface area contributed by atoms with Gasteiger partial charge in [-0.15, -0.1) is 11.3 Å². The molecular formula is C19H16ClN3OS. The van der Waals surface area contributed by atoms with Crippen molar-refractivity contribution in [3.05, 3.63) is 64.4 Å². The number of aromatic nitrogens is 2. The van der Waals surface area contributed by atoms with Crippen molar-refractivity contribution in [1.82, 2.24) is 9.97 Å². The van der Waals surface area contributed by atoms with Crippen LogP contribution in [-0.4, -0.2) is 15.9 Å². The third-order valence-electron chi connectivity index (χ3n) is 4.31. The molecule has 1 aliphatic carbocycles. The van der Waals surface area contributed by atoms with E-state index in [0.29, 0.717) is 5.02 Å². The Bertz CT molecular complexity index is 910. The van der Waals surface area contributed by atoms with Crippen LogP contribution in [0.4, 0.5) is 5.69 Å². The second kappa shape index (κ2) is 6.94. The number of hydrogen-bond acceptors (Lipinski definition) is 4. The number of thiazole rings is 1. The Morgan fingerprint density at radius 2 is 2.20 bits per heavy atom. The number of amides is 1. The number of fused-ring (bicyclic) bond motifs is 1. The normalized spacial score (nSPS) is 16.3. The van der Waals surface area contributed by atoms with Gasteiger partial charge in [-0.25, -0.2) is 4.98 Å². The van der Waals surface area contributed by atoms with E-state index in [1.807, 2.05) is 30.5 Å². The van der Waals surface area contributed by atoms with E-state index >= 15 is 0 Å². The monoisotopic (exact) mass is 369 g/mol. The van der Waals surface area contributed by atoms with Crippen LogP contribution < -0.4 is 5.32 Å². The van der Waals surface area contributed by atoms with Crippen LogP contribution in [0.3, 0.4) is 0 Å². The third kappa shape index (κ3) is 3.57. The van der Waals surface area contributed by atoms with Gasteiger partial charge in [0.2, 0.25) is 5.91 Å². The van der Waals surface area contributed by atoms with Crippen LogP contribution >= 0.6 is 22.9 Å². The van der Waals surface area contributed by atoms with E-state index in [2.05, 4.69) is 10.3 Å². The molecule has 1 aliphatic rings. The molecule has 25 heavy (non-hydrogen) atoms. The molecule has 0 saturated carbocycles. The molecule has 0 radical (unpaired) electrons. The summed E-state index contributed by atoms with van der Waals surface area (Å²) in [6, 6.07) is 11.2. The number of nitrogens with one attached hydrogen (secondary N) is 1. The fraction of sp³-hybridized carbons (Fsp3) is 0.211. The van der Waals surface area contributed by atoms with Gasteiger partial charge >= 0.3 is 0 Å². The molecule has 126 valence electrons. The molecule has 0 bridgehead atoms. The van der Waals surface area contributed by atoms with E-state index in [1.165, 1.54) is 4.88 Å². The molecule has 2 heterocycles. The topological polar surface area (TPSA) is 54.9 Å². The SMILES string of the molecule is O=C(Nc1cccc(Cl)c1)C1CCc2nc(-c3cccnc3)sc2C1. The highest BCUT2D eigenvalue weighted by Crippen LogP contribution is 2.34. The van der Waals surface area contributed by atoms with E-state index in [4.69, 9.17) is 16.6 Å². The molecule has 1 aromatic carbocycles. The Morgan fingerprint density at radius 3 is 3.00 bits per heavy atom. The molecule has 1 N–H and O–H groups in total. The van der Waals surface area contributed by atoms with Crippen LogP contribution in [0.1, 0.15) is 17.0 Å². The first-order valence-corrected chi connectivity index (χ1v) is 9.34.